The lowest BCUT2D eigenvalue weighted by molar-refractivity contribution is -0.136. The molecule has 0 bridgehead atoms. The Kier molecular flexibility index (Phi) is 4.45. The van der Waals surface area contributed by atoms with E-state index in [1.54, 1.807) is 0 Å². The minimum atomic E-state index is 0.155. The van der Waals surface area contributed by atoms with Crippen LogP contribution in [-0.2, 0) is 4.79 Å². The predicted octanol–water partition coefficient (Wildman–Crippen LogP) is 1.35. The molecule has 0 saturated carbocycles. The van der Waals surface area contributed by atoms with E-state index in [1.807, 2.05) is 23.2 Å². The lowest BCUT2D eigenvalue weighted by Gasteiger charge is -2.37. The summed E-state index contributed by atoms with van der Waals surface area (Å²) in [6.07, 6.45) is 1.82. The summed E-state index contributed by atoms with van der Waals surface area (Å²) in [5.74, 6) is 1.91. The van der Waals surface area contributed by atoms with Crippen LogP contribution in [0.15, 0.2) is 22.8 Å². The summed E-state index contributed by atoms with van der Waals surface area (Å²) in [4.78, 5) is 21.2. The average Bonchev–Trinajstić information content (AvgIpc) is 2.94. The van der Waals surface area contributed by atoms with Gasteiger partial charge in [0.2, 0.25) is 5.91 Å². The number of anilines is 1. The molecule has 0 aromatic carbocycles. The Morgan fingerprint density at radius 2 is 2.05 bits per heavy atom. The summed E-state index contributed by atoms with van der Waals surface area (Å²) >= 11 is 3.40. The predicted molar refractivity (Wildman–Crippen MR) is 86.3 cm³/mol. The van der Waals surface area contributed by atoms with Gasteiger partial charge < -0.3 is 15.1 Å². The number of hydrogen-bond acceptors (Lipinski definition) is 4. The Morgan fingerprint density at radius 1 is 1.29 bits per heavy atom. The fourth-order valence-corrected chi connectivity index (χ4v) is 3.32. The number of piperazine rings is 1. The maximum Gasteiger partial charge on any atom is 0.227 e. The summed E-state index contributed by atoms with van der Waals surface area (Å²) in [5.41, 5.74) is 0. The van der Waals surface area contributed by atoms with Crippen molar-refractivity contribution in [3.8, 4) is 0 Å². The van der Waals surface area contributed by atoms with Crippen molar-refractivity contribution in [2.24, 2.45) is 11.8 Å². The monoisotopic (exact) mass is 352 g/mol. The van der Waals surface area contributed by atoms with Gasteiger partial charge in [-0.2, -0.15) is 0 Å². The first kappa shape index (κ1) is 14.8. The summed E-state index contributed by atoms with van der Waals surface area (Å²) in [6.45, 7) is 7.24. The summed E-state index contributed by atoms with van der Waals surface area (Å²) in [6, 6.07) is 4.02. The van der Waals surface area contributed by atoms with Crippen LogP contribution >= 0.6 is 15.9 Å². The number of hydrogen-bond donors (Lipinski definition) is 1. The maximum atomic E-state index is 12.5. The van der Waals surface area contributed by atoms with E-state index in [-0.39, 0.29) is 5.92 Å². The normalized spacial score (nSPS) is 26.2. The van der Waals surface area contributed by atoms with E-state index < -0.39 is 0 Å². The molecule has 2 saturated heterocycles. The number of halogens is 1. The second-order valence-electron chi connectivity index (χ2n) is 5.89. The van der Waals surface area contributed by atoms with Crippen molar-refractivity contribution in [2.75, 3.05) is 44.2 Å². The van der Waals surface area contributed by atoms with Crippen molar-refractivity contribution in [3.63, 3.8) is 0 Å². The van der Waals surface area contributed by atoms with Gasteiger partial charge in [0.1, 0.15) is 5.82 Å². The molecule has 114 valence electrons. The van der Waals surface area contributed by atoms with E-state index in [2.05, 4.69) is 38.1 Å². The summed E-state index contributed by atoms with van der Waals surface area (Å²) in [5, 5.41) is 3.31. The highest BCUT2D eigenvalue weighted by molar-refractivity contribution is 9.10. The first-order valence-corrected chi connectivity index (χ1v) is 8.30. The second-order valence-corrected chi connectivity index (χ2v) is 6.80. The first-order chi connectivity index (χ1) is 10.1. The largest absolute Gasteiger partial charge is 0.353 e. The fraction of sp³-hybridized carbons (Fsp3) is 0.600. The molecule has 0 spiro atoms. The molecule has 0 unspecified atom stereocenters. The second kappa shape index (κ2) is 6.32. The van der Waals surface area contributed by atoms with Gasteiger partial charge in [0.25, 0.3) is 0 Å². The number of carbonyl (C=O) groups is 1. The maximum absolute atomic E-state index is 12.5. The van der Waals surface area contributed by atoms with E-state index in [1.165, 1.54) is 0 Å². The third kappa shape index (κ3) is 3.21. The van der Waals surface area contributed by atoms with Crippen molar-refractivity contribution in [1.82, 2.24) is 15.2 Å². The van der Waals surface area contributed by atoms with Crippen LogP contribution in [-0.4, -0.2) is 55.1 Å². The summed E-state index contributed by atoms with van der Waals surface area (Å²) in [7, 11) is 0. The molecule has 1 aromatic heterocycles. The number of pyridine rings is 1. The number of carbonyl (C=O) groups excluding carboxylic acids is 1. The summed E-state index contributed by atoms with van der Waals surface area (Å²) < 4.78 is 0.989. The minimum absolute atomic E-state index is 0.155. The van der Waals surface area contributed by atoms with Crippen molar-refractivity contribution in [1.29, 1.82) is 0 Å². The van der Waals surface area contributed by atoms with Crippen molar-refractivity contribution in [3.05, 3.63) is 22.8 Å². The Morgan fingerprint density at radius 3 is 2.62 bits per heavy atom. The zero-order valence-corrected chi connectivity index (χ0v) is 13.8. The van der Waals surface area contributed by atoms with E-state index in [4.69, 9.17) is 0 Å². The zero-order chi connectivity index (χ0) is 14.8. The molecule has 2 atom stereocenters. The number of amides is 1. The third-order valence-electron chi connectivity index (χ3n) is 4.46. The van der Waals surface area contributed by atoms with Crippen LogP contribution in [0.1, 0.15) is 6.92 Å². The van der Waals surface area contributed by atoms with Gasteiger partial charge in [0, 0.05) is 43.4 Å². The molecule has 3 rings (SSSR count). The van der Waals surface area contributed by atoms with Gasteiger partial charge in [-0.3, -0.25) is 4.79 Å². The van der Waals surface area contributed by atoms with Crippen LogP contribution in [0.3, 0.4) is 0 Å². The Labute approximate surface area is 133 Å². The van der Waals surface area contributed by atoms with Crippen LogP contribution in [0.25, 0.3) is 0 Å². The standard InChI is InChI=1S/C15H21BrN4O/c1-11-8-17-10-13(11)15(21)20-6-4-19(5-7-20)14-3-2-12(16)9-18-14/h2-3,9,11,13,17H,4-8,10H2,1H3/t11-,13-/m1/s1. The van der Waals surface area contributed by atoms with Crippen LogP contribution in [0.5, 0.6) is 0 Å². The van der Waals surface area contributed by atoms with Crippen LogP contribution in [0.2, 0.25) is 0 Å². The Bertz CT molecular complexity index is 499. The SMILES string of the molecule is C[C@@H]1CNC[C@H]1C(=O)N1CCN(c2ccc(Br)cn2)CC1. The van der Waals surface area contributed by atoms with Crippen LogP contribution in [0, 0.1) is 11.8 Å². The van der Waals surface area contributed by atoms with Crippen LogP contribution in [0.4, 0.5) is 5.82 Å². The smallest absolute Gasteiger partial charge is 0.227 e. The van der Waals surface area contributed by atoms with Gasteiger partial charge in [-0.25, -0.2) is 4.98 Å². The molecular weight excluding hydrogens is 332 g/mol. The molecule has 3 heterocycles. The van der Waals surface area contributed by atoms with E-state index in [9.17, 15) is 4.79 Å². The van der Waals surface area contributed by atoms with E-state index >= 15 is 0 Å². The number of nitrogens with zero attached hydrogens (tertiary/aromatic N) is 3. The number of nitrogens with one attached hydrogen (secondary N) is 1. The van der Waals surface area contributed by atoms with Crippen molar-refractivity contribution >= 4 is 27.7 Å². The van der Waals surface area contributed by atoms with Gasteiger partial charge in [-0.1, -0.05) is 6.92 Å². The van der Waals surface area contributed by atoms with Crippen LogP contribution < -0.4 is 10.2 Å². The fourth-order valence-electron chi connectivity index (χ4n) is 3.09. The number of rotatable bonds is 2. The lowest BCUT2D eigenvalue weighted by Crippen LogP contribution is -2.51. The highest BCUT2D eigenvalue weighted by Gasteiger charge is 2.34. The molecule has 2 aliphatic heterocycles. The molecule has 6 heteroatoms. The molecule has 1 N–H and O–H groups in total. The molecule has 2 fully saturated rings. The van der Waals surface area contributed by atoms with Gasteiger partial charge in [0.05, 0.1) is 5.92 Å². The van der Waals surface area contributed by atoms with Gasteiger partial charge >= 0.3 is 0 Å². The lowest BCUT2D eigenvalue weighted by atomic mass is 9.96. The van der Waals surface area contributed by atoms with Gasteiger partial charge in [0.15, 0.2) is 0 Å². The Balaban J connectivity index is 1.57. The Hall–Kier alpha value is -1.14. The minimum Gasteiger partial charge on any atom is -0.353 e. The molecule has 0 aliphatic carbocycles. The molecule has 1 aromatic rings. The van der Waals surface area contributed by atoms with E-state index in [0.717, 1.165) is 49.6 Å². The molecule has 0 radical (unpaired) electrons. The third-order valence-corrected chi connectivity index (χ3v) is 4.93. The molecule has 1 amide bonds. The highest BCUT2D eigenvalue weighted by Crippen LogP contribution is 2.21. The zero-order valence-electron chi connectivity index (χ0n) is 12.3. The van der Waals surface area contributed by atoms with Gasteiger partial charge in [-0.15, -0.1) is 0 Å². The first-order valence-electron chi connectivity index (χ1n) is 7.51. The molecule has 2 aliphatic rings. The van der Waals surface area contributed by atoms with Crippen molar-refractivity contribution < 1.29 is 4.79 Å². The van der Waals surface area contributed by atoms with E-state index in [0.29, 0.717) is 11.8 Å². The molecular formula is C15H21BrN4O. The molecule has 21 heavy (non-hydrogen) atoms. The average molecular weight is 353 g/mol. The van der Waals surface area contributed by atoms with Gasteiger partial charge in [-0.05, 0) is 40.5 Å². The highest BCUT2D eigenvalue weighted by atomic mass is 79.9. The van der Waals surface area contributed by atoms with Crippen molar-refractivity contribution in [2.45, 2.75) is 6.92 Å². The quantitative estimate of drug-likeness (QED) is 0.872. The topological polar surface area (TPSA) is 48.5 Å². The number of aromatic nitrogens is 1. The molecule has 5 nitrogen and oxygen atoms in total.